The van der Waals surface area contributed by atoms with E-state index in [0.29, 0.717) is 17.3 Å². The molecule has 0 amide bonds. The van der Waals surface area contributed by atoms with Crippen molar-refractivity contribution in [2.45, 2.75) is 37.5 Å². The van der Waals surface area contributed by atoms with Crippen LogP contribution in [0.25, 0.3) is 0 Å². The van der Waals surface area contributed by atoms with Crippen molar-refractivity contribution in [1.82, 2.24) is 0 Å². The summed E-state index contributed by atoms with van der Waals surface area (Å²) in [4.78, 5) is 0. The van der Waals surface area contributed by atoms with Gasteiger partial charge in [0.05, 0.1) is 7.11 Å². The average molecular weight is 270 g/mol. The summed E-state index contributed by atoms with van der Waals surface area (Å²) in [5.74, 6) is 0.616. The first kappa shape index (κ1) is 13.5. The monoisotopic (exact) mass is 269 g/mol. The molecule has 1 aromatic carbocycles. The molecule has 2 rings (SSSR count). The second kappa shape index (κ2) is 5.37. The van der Waals surface area contributed by atoms with E-state index in [1.165, 1.54) is 13.5 Å². The van der Waals surface area contributed by atoms with Gasteiger partial charge in [-0.05, 0) is 18.9 Å². The van der Waals surface area contributed by atoms with Crippen LogP contribution in [-0.4, -0.2) is 18.8 Å². The van der Waals surface area contributed by atoms with Crippen LogP contribution in [0.15, 0.2) is 12.1 Å². The number of halogens is 1. The Morgan fingerprint density at radius 3 is 2.56 bits per heavy atom. The number of hydrogen-bond acceptors (Lipinski definition) is 3. The first-order valence-corrected chi connectivity index (χ1v) is 6.78. The molecular formula is C14H20ClNO2. The highest BCUT2D eigenvalue weighted by molar-refractivity contribution is 6.30. The van der Waals surface area contributed by atoms with Gasteiger partial charge < -0.3 is 15.6 Å². The largest absolute Gasteiger partial charge is 0.504 e. The third-order valence-electron chi connectivity index (χ3n) is 4.03. The van der Waals surface area contributed by atoms with Gasteiger partial charge in [-0.1, -0.05) is 30.9 Å². The lowest BCUT2D eigenvalue weighted by Gasteiger charge is -2.37. The van der Waals surface area contributed by atoms with E-state index >= 15 is 0 Å². The van der Waals surface area contributed by atoms with Crippen LogP contribution in [0.1, 0.15) is 37.7 Å². The van der Waals surface area contributed by atoms with Gasteiger partial charge in [-0.2, -0.15) is 0 Å². The lowest BCUT2D eigenvalue weighted by molar-refractivity contribution is 0.285. The van der Waals surface area contributed by atoms with Crippen molar-refractivity contribution in [3.8, 4) is 11.5 Å². The molecule has 1 aliphatic rings. The molecule has 1 aromatic rings. The lowest BCUT2D eigenvalue weighted by atomic mass is 9.69. The number of methoxy groups -OCH3 is 1. The van der Waals surface area contributed by atoms with E-state index in [2.05, 4.69) is 0 Å². The zero-order chi connectivity index (χ0) is 13.2. The van der Waals surface area contributed by atoms with Gasteiger partial charge >= 0.3 is 0 Å². The molecule has 1 saturated carbocycles. The standard InChI is InChI=1S/C14H20ClNO2/c1-18-12-8-10(15)7-11(13(12)17)14(9-16)5-3-2-4-6-14/h7-8,17H,2-6,9,16H2,1H3. The number of phenolic OH excluding ortho intramolecular Hbond substituents is 1. The number of aromatic hydroxyl groups is 1. The first-order valence-electron chi connectivity index (χ1n) is 6.40. The van der Waals surface area contributed by atoms with Crippen LogP contribution >= 0.6 is 11.6 Å². The number of hydrogen-bond donors (Lipinski definition) is 2. The van der Waals surface area contributed by atoms with Gasteiger partial charge in [0.25, 0.3) is 0 Å². The summed E-state index contributed by atoms with van der Waals surface area (Å²) in [6, 6.07) is 3.46. The maximum atomic E-state index is 10.3. The van der Waals surface area contributed by atoms with Gasteiger partial charge in [0, 0.05) is 28.6 Å². The molecule has 100 valence electrons. The third-order valence-corrected chi connectivity index (χ3v) is 4.25. The van der Waals surface area contributed by atoms with E-state index in [1.807, 2.05) is 6.07 Å². The maximum Gasteiger partial charge on any atom is 0.162 e. The Balaban J connectivity index is 2.50. The van der Waals surface area contributed by atoms with Crippen molar-refractivity contribution >= 4 is 11.6 Å². The van der Waals surface area contributed by atoms with E-state index < -0.39 is 0 Å². The molecular weight excluding hydrogens is 250 g/mol. The molecule has 1 fully saturated rings. The minimum atomic E-state index is -0.152. The molecule has 0 saturated heterocycles. The van der Waals surface area contributed by atoms with Crippen LogP contribution in [-0.2, 0) is 5.41 Å². The van der Waals surface area contributed by atoms with E-state index in [1.54, 1.807) is 6.07 Å². The summed E-state index contributed by atoms with van der Waals surface area (Å²) in [5.41, 5.74) is 6.68. The van der Waals surface area contributed by atoms with Gasteiger partial charge in [0.2, 0.25) is 0 Å². The summed E-state index contributed by atoms with van der Waals surface area (Å²) >= 11 is 6.11. The predicted molar refractivity (Wildman–Crippen MR) is 73.5 cm³/mol. The van der Waals surface area contributed by atoms with Crippen LogP contribution in [0.5, 0.6) is 11.5 Å². The van der Waals surface area contributed by atoms with Gasteiger partial charge in [0.15, 0.2) is 11.5 Å². The minimum absolute atomic E-state index is 0.152. The quantitative estimate of drug-likeness (QED) is 0.886. The minimum Gasteiger partial charge on any atom is -0.504 e. The van der Waals surface area contributed by atoms with E-state index in [0.717, 1.165) is 31.2 Å². The Bertz CT molecular complexity index is 428. The molecule has 1 aliphatic carbocycles. The fourth-order valence-corrected chi connectivity index (χ4v) is 3.15. The van der Waals surface area contributed by atoms with Crippen LogP contribution in [0.2, 0.25) is 5.02 Å². The Kier molecular flexibility index (Phi) is 4.03. The molecule has 0 spiro atoms. The van der Waals surface area contributed by atoms with E-state index in [-0.39, 0.29) is 11.2 Å². The average Bonchev–Trinajstić information content (AvgIpc) is 2.41. The lowest BCUT2D eigenvalue weighted by Crippen LogP contribution is -2.37. The van der Waals surface area contributed by atoms with Crippen molar-refractivity contribution < 1.29 is 9.84 Å². The molecule has 0 atom stereocenters. The van der Waals surface area contributed by atoms with Crippen LogP contribution < -0.4 is 10.5 Å². The highest BCUT2D eigenvalue weighted by Crippen LogP contribution is 2.46. The van der Waals surface area contributed by atoms with Gasteiger partial charge in [0.1, 0.15) is 0 Å². The van der Waals surface area contributed by atoms with Crippen molar-refractivity contribution in [1.29, 1.82) is 0 Å². The Morgan fingerprint density at radius 1 is 1.33 bits per heavy atom. The van der Waals surface area contributed by atoms with Crippen LogP contribution in [0, 0.1) is 0 Å². The Labute approximate surface area is 113 Å². The van der Waals surface area contributed by atoms with Crippen molar-refractivity contribution in [2.75, 3.05) is 13.7 Å². The SMILES string of the molecule is COc1cc(Cl)cc(C2(CN)CCCCC2)c1O. The first-order chi connectivity index (χ1) is 8.63. The second-order valence-electron chi connectivity index (χ2n) is 5.05. The fourth-order valence-electron chi connectivity index (χ4n) is 2.95. The second-order valence-corrected chi connectivity index (χ2v) is 5.49. The molecule has 0 heterocycles. The van der Waals surface area contributed by atoms with Crippen molar-refractivity contribution in [3.05, 3.63) is 22.7 Å². The smallest absolute Gasteiger partial charge is 0.162 e. The topological polar surface area (TPSA) is 55.5 Å². The molecule has 0 bridgehead atoms. The van der Waals surface area contributed by atoms with Crippen molar-refractivity contribution in [3.63, 3.8) is 0 Å². The van der Waals surface area contributed by atoms with Gasteiger partial charge in [-0.3, -0.25) is 0 Å². The molecule has 0 aliphatic heterocycles. The summed E-state index contributed by atoms with van der Waals surface area (Å²) in [7, 11) is 1.53. The van der Waals surface area contributed by atoms with Crippen LogP contribution in [0.3, 0.4) is 0 Å². The third kappa shape index (κ3) is 2.29. The van der Waals surface area contributed by atoms with Crippen LogP contribution in [0.4, 0.5) is 0 Å². The van der Waals surface area contributed by atoms with Gasteiger partial charge in [-0.15, -0.1) is 0 Å². The highest BCUT2D eigenvalue weighted by Gasteiger charge is 2.35. The van der Waals surface area contributed by atoms with Crippen molar-refractivity contribution in [2.24, 2.45) is 5.73 Å². The molecule has 3 N–H and O–H groups in total. The molecule has 0 aromatic heterocycles. The molecule has 0 radical (unpaired) electrons. The molecule has 18 heavy (non-hydrogen) atoms. The van der Waals surface area contributed by atoms with E-state index in [4.69, 9.17) is 22.1 Å². The number of nitrogens with two attached hydrogens (primary N) is 1. The summed E-state index contributed by atoms with van der Waals surface area (Å²) in [5, 5.41) is 10.9. The number of phenols is 1. The zero-order valence-electron chi connectivity index (χ0n) is 10.7. The summed E-state index contributed by atoms with van der Waals surface area (Å²) in [6.07, 6.45) is 5.53. The maximum absolute atomic E-state index is 10.3. The zero-order valence-corrected chi connectivity index (χ0v) is 11.5. The molecule has 4 heteroatoms. The number of benzene rings is 1. The Morgan fingerprint density at radius 2 is 2.00 bits per heavy atom. The summed E-state index contributed by atoms with van der Waals surface area (Å²) < 4.78 is 5.17. The molecule has 0 unspecified atom stereocenters. The number of rotatable bonds is 3. The van der Waals surface area contributed by atoms with E-state index in [9.17, 15) is 5.11 Å². The fraction of sp³-hybridized carbons (Fsp3) is 0.571. The molecule has 3 nitrogen and oxygen atoms in total. The van der Waals surface area contributed by atoms with Gasteiger partial charge in [-0.25, -0.2) is 0 Å². The normalized spacial score (nSPS) is 18.6. The highest BCUT2D eigenvalue weighted by atomic mass is 35.5. The predicted octanol–water partition coefficient (Wildman–Crippen LogP) is 3.21. The Hall–Kier alpha value is -0.930. The number of ether oxygens (including phenoxy) is 1. The summed E-state index contributed by atoms with van der Waals surface area (Å²) in [6.45, 7) is 0.532.